The predicted octanol–water partition coefficient (Wildman–Crippen LogP) is 19.6. The lowest BCUT2D eigenvalue weighted by Crippen LogP contribution is -1.86. The number of hydrogen-bond acceptors (Lipinski definition) is 15. The summed E-state index contributed by atoms with van der Waals surface area (Å²) in [6.07, 6.45) is 12.9. The van der Waals surface area contributed by atoms with Gasteiger partial charge in [0.25, 0.3) is 0 Å². The fourth-order valence-corrected chi connectivity index (χ4v) is 9.18. The first-order chi connectivity index (χ1) is 39.2. The molecule has 0 spiro atoms. The topological polar surface area (TPSA) is 129 Å². The number of aromatic nitrogens is 10. The highest BCUT2D eigenvalue weighted by Crippen LogP contribution is 2.13. The van der Waals surface area contributed by atoms with Crippen LogP contribution < -0.4 is 0 Å². The maximum Gasteiger partial charge on any atom is 0.125 e. The van der Waals surface area contributed by atoms with Gasteiger partial charge in [0.2, 0.25) is 0 Å². The minimum absolute atomic E-state index is 0.829. The smallest absolute Gasteiger partial charge is 0.125 e. The molecule has 0 unspecified atom stereocenters. The quantitative estimate of drug-likeness (QED) is 0.145. The third-order valence-electron chi connectivity index (χ3n) is 10.2. The van der Waals surface area contributed by atoms with E-state index in [-0.39, 0.29) is 0 Å². The Morgan fingerprint density at radius 1 is 0.241 bits per heavy atom. The van der Waals surface area contributed by atoms with Gasteiger partial charge in [-0.1, -0.05) is 47.5 Å². The van der Waals surface area contributed by atoms with E-state index in [1.54, 1.807) is 45.3 Å². The van der Waals surface area contributed by atoms with E-state index in [1.807, 2.05) is 169 Å². The molecule has 10 nitrogen and oxygen atoms in total. The third-order valence-corrected chi connectivity index (χ3v) is 14.8. The van der Waals surface area contributed by atoms with Gasteiger partial charge in [-0.15, -0.1) is 56.7 Å². The molecule has 0 saturated heterocycles. The summed E-state index contributed by atoms with van der Waals surface area (Å²) in [7, 11) is 0. The number of pyridine rings is 2. The van der Waals surface area contributed by atoms with E-state index in [9.17, 15) is 0 Å². The van der Waals surface area contributed by atoms with Crippen molar-refractivity contribution in [2.75, 3.05) is 0 Å². The van der Waals surface area contributed by atoms with Crippen molar-refractivity contribution < 1.29 is 0 Å². The first-order valence-corrected chi connectivity index (χ1v) is 31.4. The zero-order valence-electron chi connectivity index (χ0n) is 53.4. The second-order valence-electron chi connectivity index (χ2n) is 19.7. The van der Waals surface area contributed by atoms with Crippen molar-refractivity contribution >= 4 is 56.7 Å². The first kappa shape index (κ1) is 74.1. The molecule has 0 atom stereocenters. The highest BCUT2D eigenvalue weighted by molar-refractivity contribution is 7.12. The normalized spacial score (nSPS) is 9.33. The molecule has 0 fully saturated rings. The van der Waals surface area contributed by atoms with Crippen LogP contribution in [-0.4, -0.2) is 50.1 Å². The molecule has 0 radical (unpaired) electrons. The van der Waals surface area contributed by atoms with E-state index in [2.05, 4.69) is 189 Å². The summed E-state index contributed by atoms with van der Waals surface area (Å²) in [4.78, 5) is 39.1. The predicted molar refractivity (Wildman–Crippen MR) is 362 cm³/mol. The highest BCUT2D eigenvalue weighted by atomic mass is 32.1. The van der Waals surface area contributed by atoms with Gasteiger partial charge in [0.15, 0.2) is 0 Å². The average Bonchev–Trinajstić information content (AvgIpc) is 4.31. The molecule has 0 aliphatic carbocycles. The Balaban J connectivity index is 0.000000457. The first-order valence-electron chi connectivity index (χ1n) is 27.1. The van der Waals surface area contributed by atoms with Crippen molar-refractivity contribution in [1.82, 2.24) is 50.1 Å². The largest absolute Gasteiger partial charge is 0.261 e. The summed E-state index contributed by atoms with van der Waals surface area (Å²) in [5.41, 5.74) is 15.3. The van der Waals surface area contributed by atoms with E-state index >= 15 is 0 Å². The van der Waals surface area contributed by atoms with Crippen LogP contribution in [-0.2, 0) is 0 Å². The zero-order valence-corrected chi connectivity index (χ0v) is 57.5. The lowest BCUT2D eigenvalue weighted by Gasteiger charge is -1.90. The second kappa shape index (κ2) is 42.9. The van der Waals surface area contributed by atoms with Crippen LogP contribution in [0.4, 0.5) is 0 Å². The Labute approximate surface area is 518 Å². The second-order valence-corrected chi connectivity index (χ2v) is 25.9. The maximum atomic E-state index is 4.13. The molecule has 10 aromatic heterocycles. The monoisotopic (exact) mass is 1210 g/mol. The molecule has 0 aliphatic heterocycles. The molecular weight excluding hydrogens is 1120 g/mol. The minimum Gasteiger partial charge on any atom is -0.261 e. The maximum absolute atomic E-state index is 4.13. The summed E-state index contributed by atoms with van der Waals surface area (Å²) in [6.45, 7) is 44.6. The van der Waals surface area contributed by atoms with Crippen molar-refractivity contribution in [3.05, 3.63) is 263 Å². The fraction of sp³-hybridized carbons (Fsp3) is 0.324. The van der Waals surface area contributed by atoms with Crippen LogP contribution in [0.3, 0.4) is 0 Å². The molecule has 0 bridgehead atoms. The number of nitrogens with zero attached hydrogens (tertiary/aromatic N) is 10. The molecule has 0 N–H and O–H groups in total. The van der Waals surface area contributed by atoms with Gasteiger partial charge in [-0.2, -0.15) is 10.2 Å². The summed E-state index contributed by atoms with van der Waals surface area (Å²) in [5, 5.41) is 16.3. The van der Waals surface area contributed by atoms with Gasteiger partial charge in [0.1, 0.15) is 11.6 Å². The minimum atomic E-state index is 0.829. The molecule has 0 saturated carbocycles. The molecular formula is C68H90N10S5. The Bertz CT molecular complexity index is 2570. The van der Waals surface area contributed by atoms with Crippen molar-refractivity contribution in [3.8, 4) is 0 Å². The Morgan fingerprint density at radius 2 is 0.602 bits per heavy atom. The average molecular weight is 1210 g/mol. The van der Waals surface area contributed by atoms with Crippen LogP contribution in [0.1, 0.15) is 119 Å². The van der Waals surface area contributed by atoms with Crippen LogP contribution in [0.5, 0.6) is 0 Å². The van der Waals surface area contributed by atoms with Crippen molar-refractivity contribution in [3.63, 3.8) is 0 Å². The number of benzene rings is 1. The van der Waals surface area contributed by atoms with E-state index < -0.39 is 0 Å². The van der Waals surface area contributed by atoms with E-state index in [0.717, 1.165) is 61.3 Å². The van der Waals surface area contributed by atoms with Gasteiger partial charge < -0.3 is 0 Å². The van der Waals surface area contributed by atoms with E-state index in [1.165, 1.54) is 57.8 Å². The number of thiazole rings is 2. The molecule has 1 aromatic carbocycles. The molecule has 10 heterocycles. The van der Waals surface area contributed by atoms with Crippen molar-refractivity contribution in [2.45, 2.75) is 152 Å². The molecule has 11 aromatic rings. The van der Waals surface area contributed by atoms with Crippen LogP contribution in [0, 0.1) is 152 Å². The van der Waals surface area contributed by atoms with Crippen LogP contribution in [0.15, 0.2) is 144 Å². The van der Waals surface area contributed by atoms with Gasteiger partial charge in [0.05, 0.1) is 21.4 Å². The molecule has 0 aliphatic rings. The standard InChI is InChI=1S/C8H10.2C7H9N.3C6H8N2.3C6H8S.2C5H7NS/c1-7-3-5-8(2)6-4-7;2*1-6-3-4-7(2)8-5-6;2*1-5-3-7-6(2)8-4-5;1-5-3-4-6(2)8-7-5;2*1-5-3-6(2)7-4-5;1-5-3-4-6(2)7-5;1-4-3-7-5(2)6-4;1-4-3-6-5(2)7-4/h3-6H,1-2H3;2*3-5H,1-2H3;3*3-4H,1-2H3;3*3-4H,1-2H3;2*3H,1-2H3. The summed E-state index contributed by atoms with van der Waals surface area (Å²) in [5.74, 6) is 1.66. The summed E-state index contributed by atoms with van der Waals surface area (Å²) in [6, 6.07) is 29.2. The SMILES string of the molecule is Cc1ccc(C)cc1.Cc1ccc(C)nc1.Cc1ccc(C)nc1.Cc1ccc(C)nn1.Cc1ccc(C)s1.Cc1cnc(C)nc1.Cc1cnc(C)nc1.Cc1cnc(C)s1.Cc1csc(C)c1.Cc1csc(C)c1.Cc1csc(C)n1. The number of rotatable bonds is 0. The third kappa shape index (κ3) is 41.7. The molecule has 15 heteroatoms. The zero-order chi connectivity index (χ0) is 62.3. The lowest BCUT2D eigenvalue weighted by molar-refractivity contribution is 0.941. The molecule has 11 rings (SSSR count). The highest BCUT2D eigenvalue weighted by Gasteiger charge is 1.90. The van der Waals surface area contributed by atoms with E-state index in [0.29, 0.717) is 0 Å². The van der Waals surface area contributed by atoms with Crippen molar-refractivity contribution in [2.24, 2.45) is 0 Å². The molecule has 0 amide bonds. The summed E-state index contributed by atoms with van der Waals surface area (Å²) < 4.78 is 0. The van der Waals surface area contributed by atoms with Crippen LogP contribution >= 0.6 is 56.7 Å². The Hall–Kier alpha value is -6.88. The lowest BCUT2D eigenvalue weighted by atomic mass is 10.2. The van der Waals surface area contributed by atoms with Gasteiger partial charge in [0, 0.05) is 90.2 Å². The van der Waals surface area contributed by atoms with Crippen molar-refractivity contribution in [1.29, 1.82) is 0 Å². The summed E-state index contributed by atoms with van der Waals surface area (Å²) >= 11 is 8.88. The number of aryl methyl sites for hydroxylation is 22. The van der Waals surface area contributed by atoms with E-state index in [4.69, 9.17) is 0 Å². The fourth-order valence-electron chi connectivity index (χ4n) is 5.75. The Morgan fingerprint density at radius 3 is 0.771 bits per heavy atom. The van der Waals surface area contributed by atoms with Gasteiger partial charge in [-0.3, -0.25) is 9.97 Å². The number of thiophene rings is 3. The molecule has 83 heavy (non-hydrogen) atoms. The van der Waals surface area contributed by atoms with Gasteiger partial charge in [-0.05, 0) is 245 Å². The Kier molecular flexibility index (Phi) is 38.3. The van der Waals surface area contributed by atoms with Gasteiger partial charge in [-0.25, -0.2) is 29.9 Å². The van der Waals surface area contributed by atoms with Crippen LogP contribution in [0.25, 0.3) is 0 Å². The van der Waals surface area contributed by atoms with Gasteiger partial charge >= 0.3 is 0 Å². The molecule has 442 valence electrons. The number of hydrogen-bond donors (Lipinski definition) is 0. The van der Waals surface area contributed by atoms with Crippen LogP contribution in [0.2, 0.25) is 0 Å².